The molecule has 0 fully saturated rings. The lowest BCUT2D eigenvalue weighted by Crippen LogP contribution is -2.28. The molecule has 4 aromatic rings. The summed E-state index contributed by atoms with van der Waals surface area (Å²) in [6, 6.07) is 11.4. The zero-order valence-corrected chi connectivity index (χ0v) is 18.7. The molecule has 32 heavy (non-hydrogen) atoms. The minimum Gasteiger partial charge on any atom is -0.344 e. The molecule has 1 N–H and O–H groups in total. The van der Waals surface area contributed by atoms with Crippen LogP contribution in [-0.4, -0.2) is 31.4 Å². The highest BCUT2D eigenvalue weighted by atomic mass is 32.2. The van der Waals surface area contributed by atoms with Crippen molar-refractivity contribution in [1.82, 2.24) is 25.0 Å². The van der Waals surface area contributed by atoms with Crippen LogP contribution in [0, 0.1) is 19.7 Å². The van der Waals surface area contributed by atoms with Gasteiger partial charge in [-0.05, 0) is 62.2 Å². The molecule has 0 aliphatic carbocycles. The van der Waals surface area contributed by atoms with E-state index in [1.165, 1.54) is 35.0 Å². The van der Waals surface area contributed by atoms with Crippen molar-refractivity contribution in [1.29, 1.82) is 0 Å². The van der Waals surface area contributed by atoms with Crippen LogP contribution in [0.2, 0.25) is 0 Å². The van der Waals surface area contributed by atoms with Gasteiger partial charge in [0.2, 0.25) is 17.6 Å². The van der Waals surface area contributed by atoms with Crippen molar-refractivity contribution >= 4 is 17.7 Å². The summed E-state index contributed by atoms with van der Waals surface area (Å²) in [6.45, 7) is 5.90. The number of rotatable bonds is 7. The Kier molecular flexibility index (Phi) is 6.36. The third kappa shape index (κ3) is 4.72. The number of carbonyl (C=O) groups excluding carboxylic acids is 1. The SMILES string of the molecule is Cc1cccc(-n2ccnc2SCC(=O)NC(C)c2nc(-c3ccc(F)cc3)no2)c1C. The monoisotopic (exact) mass is 451 g/mol. The van der Waals surface area contributed by atoms with Gasteiger partial charge in [0.25, 0.3) is 0 Å². The zero-order valence-electron chi connectivity index (χ0n) is 17.9. The van der Waals surface area contributed by atoms with E-state index >= 15 is 0 Å². The fourth-order valence-corrected chi connectivity index (χ4v) is 3.96. The molecule has 0 aliphatic heterocycles. The van der Waals surface area contributed by atoms with Gasteiger partial charge in [0.1, 0.15) is 11.9 Å². The highest BCUT2D eigenvalue weighted by Crippen LogP contribution is 2.24. The van der Waals surface area contributed by atoms with Crippen LogP contribution in [0.3, 0.4) is 0 Å². The molecule has 0 radical (unpaired) electrons. The molecule has 0 spiro atoms. The second-order valence-electron chi connectivity index (χ2n) is 7.34. The molecule has 164 valence electrons. The Morgan fingerprint density at radius 1 is 1.22 bits per heavy atom. The molecule has 2 aromatic carbocycles. The van der Waals surface area contributed by atoms with E-state index in [1.54, 1.807) is 25.3 Å². The lowest BCUT2D eigenvalue weighted by Gasteiger charge is -2.13. The summed E-state index contributed by atoms with van der Waals surface area (Å²) in [4.78, 5) is 21.2. The molecule has 0 saturated carbocycles. The highest BCUT2D eigenvalue weighted by Gasteiger charge is 2.18. The van der Waals surface area contributed by atoms with Gasteiger partial charge in [-0.2, -0.15) is 4.98 Å². The minimum atomic E-state index is -0.469. The second-order valence-corrected chi connectivity index (χ2v) is 8.28. The number of carbonyl (C=O) groups is 1. The van der Waals surface area contributed by atoms with E-state index in [0.717, 1.165) is 10.8 Å². The van der Waals surface area contributed by atoms with E-state index in [4.69, 9.17) is 4.52 Å². The predicted molar refractivity (Wildman–Crippen MR) is 120 cm³/mol. The summed E-state index contributed by atoms with van der Waals surface area (Å²) >= 11 is 1.35. The van der Waals surface area contributed by atoms with Crippen molar-refractivity contribution in [2.75, 3.05) is 5.75 Å². The number of aromatic nitrogens is 4. The van der Waals surface area contributed by atoms with E-state index in [9.17, 15) is 9.18 Å². The summed E-state index contributed by atoms with van der Waals surface area (Å²) in [6.07, 6.45) is 3.61. The van der Waals surface area contributed by atoms with Crippen LogP contribution in [0.25, 0.3) is 17.1 Å². The number of imidazole rings is 1. The first-order valence-corrected chi connectivity index (χ1v) is 11.0. The maximum absolute atomic E-state index is 13.1. The maximum Gasteiger partial charge on any atom is 0.249 e. The lowest BCUT2D eigenvalue weighted by molar-refractivity contribution is -0.119. The first-order chi connectivity index (χ1) is 15.4. The number of nitrogens with one attached hydrogen (secondary N) is 1. The first-order valence-electron chi connectivity index (χ1n) is 10.0. The van der Waals surface area contributed by atoms with E-state index in [2.05, 4.69) is 40.4 Å². The Hall–Kier alpha value is -3.46. The molecule has 1 unspecified atom stereocenters. The van der Waals surface area contributed by atoms with Crippen molar-refractivity contribution in [2.24, 2.45) is 0 Å². The Morgan fingerprint density at radius 2 is 2.00 bits per heavy atom. The molecule has 9 heteroatoms. The molecule has 0 aliphatic rings. The largest absolute Gasteiger partial charge is 0.344 e. The van der Waals surface area contributed by atoms with Gasteiger partial charge >= 0.3 is 0 Å². The minimum absolute atomic E-state index is 0.181. The Balaban J connectivity index is 1.38. The number of nitrogens with zero attached hydrogens (tertiary/aromatic N) is 4. The smallest absolute Gasteiger partial charge is 0.249 e. The number of hydrogen-bond donors (Lipinski definition) is 1. The number of hydrogen-bond acceptors (Lipinski definition) is 6. The van der Waals surface area contributed by atoms with Crippen molar-refractivity contribution in [3.05, 3.63) is 77.7 Å². The summed E-state index contributed by atoms with van der Waals surface area (Å²) < 4.78 is 20.3. The van der Waals surface area contributed by atoms with Crippen molar-refractivity contribution < 1.29 is 13.7 Å². The standard InChI is InChI=1S/C23H22FN5O2S/c1-14-5-4-6-19(15(14)2)29-12-11-25-23(29)32-13-20(30)26-16(3)22-27-21(28-31-22)17-7-9-18(24)10-8-17/h4-12,16H,13H2,1-3H3,(H,26,30). The van der Waals surface area contributed by atoms with Gasteiger partial charge in [0.15, 0.2) is 5.16 Å². The van der Waals surface area contributed by atoms with Crippen LogP contribution in [0.1, 0.15) is 30.0 Å². The lowest BCUT2D eigenvalue weighted by atomic mass is 10.1. The van der Waals surface area contributed by atoms with Crippen LogP contribution in [0.5, 0.6) is 0 Å². The van der Waals surface area contributed by atoms with Gasteiger partial charge in [-0.3, -0.25) is 9.36 Å². The molecule has 0 saturated heterocycles. The molecule has 1 atom stereocenters. The summed E-state index contributed by atoms with van der Waals surface area (Å²) in [5.41, 5.74) is 4.03. The third-order valence-corrected chi connectivity index (χ3v) is 6.03. The third-order valence-electron chi connectivity index (χ3n) is 5.07. The van der Waals surface area contributed by atoms with Gasteiger partial charge in [0, 0.05) is 18.0 Å². The van der Waals surface area contributed by atoms with E-state index < -0.39 is 6.04 Å². The Morgan fingerprint density at radius 3 is 2.78 bits per heavy atom. The molecular formula is C23H22FN5O2S. The number of amides is 1. The van der Waals surface area contributed by atoms with Crippen LogP contribution >= 0.6 is 11.8 Å². The van der Waals surface area contributed by atoms with Crippen LogP contribution in [0.15, 0.2) is 64.5 Å². The molecule has 2 aromatic heterocycles. The molecule has 1 amide bonds. The van der Waals surface area contributed by atoms with Crippen LogP contribution in [-0.2, 0) is 4.79 Å². The van der Waals surface area contributed by atoms with Crippen molar-refractivity contribution in [3.63, 3.8) is 0 Å². The Bertz CT molecular complexity index is 1240. The fraction of sp³-hybridized carbons (Fsp3) is 0.217. The van der Waals surface area contributed by atoms with Crippen LogP contribution < -0.4 is 5.32 Å². The molecular weight excluding hydrogens is 429 g/mol. The number of halogens is 1. The summed E-state index contributed by atoms with van der Waals surface area (Å²) in [5.74, 6) is 0.282. The van der Waals surface area contributed by atoms with Gasteiger partial charge in [0.05, 0.1) is 11.4 Å². The highest BCUT2D eigenvalue weighted by molar-refractivity contribution is 7.99. The maximum atomic E-state index is 13.1. The van der Waals surface area contributed by atoms with Gasteiger partial charge < -0.3 is 9.84 Å². The predicted octanol–water partition coefficient (Wildman–Crippen LogP) is 4.65. The number of aryl methyl sites for hydroxylation is 1. The van der Waals surface area contributed by atoms with Crippen LogP contribution in [0.4, 0.5) is 4.39 Å². The average molecular weight is 452 g/mol. The quantitative estimate of drug-likeness (QED) is 0.412. The van der Waals surface area contributed by atoms with E-state index in [0.29, 0.717) is 11.4 Å². The van der Waals surface area contributed by atoms with Gasteiger partial charge in [-0.25, -0.2) is 9.37 Å². The summed E-state index contributed by atoms with van der Waals surface area (Å²) in [5, 5.41) is 7.51. The fourth-order valence-electron chi connectivity index (χ4n) is 3.18. The average Bonchev–Trinajstić information content (AvgIpc) is 3.45. The van der Waals surface area contributed by atoms with Gasteiger partial charge in [-0.15, -0.1) is 0 Å². The zero-order chi connectivity index (χ0) is 22.7. The number of benzene rings is 2. The second kappa shape index (κ2) is 9.35. The van der Waals surface area contributed by atoms with Crippen molar-refractivity contribution in [3.8, 4) is 17.1 Å². The molecule has 7 nitrogen and oxygen atoms in total. The molecule has 0 bridgehead atoms. The van der Waals surface area contributed by atoms with Gasteiger partial charge in [-0.1, -0.05) is 29.1 Å². The summed E-state index contributed by atoms with van der Waals surface area (Å²) in [7, 11) is 0. The van der Waals surface area contributed by atoms with E-state index in [1.807, 2.05) is 22.9 Å². The molecule has 4 rings (SSSR count). The van der Waals surface area contributed by atoms with Crippen molar-refractivity contribution in [2.45, 2.75) is 32.0 Å². The van der Waals surface area contributed by atoms with E-state index in [-0.39, 0.29) is 23.4 Å². The molecule has 2 heterocycles. The number of thioether (sulfide) groups is 1. The Labute approximate surface area is 189 Å². The first kappa shape index (κ1) is 21.8. The topological polar surface area (TPSA) is 85.8 Å². The normalized spacial score (nSPS) is 12.0.